The Morgan fingerprint density at radius 3 is 2.38 bits per heavy atom. The van der Waals surface area contributed by atoms with Crippen LogP contribution in [0.25, 0.3) is 0 Å². The highest BCUT2D eigenvalue weighted by Crippen LogP contribution is 2.35. The van der Waals surface area contributed by atoms with Crippen molar-refractivity contribution in [3.8, 4) is 0 Å². The van der Waals surface area contributed by atoms with Crippen LogP contribution in [0.15, 0.2) is 18.2 Å². The van der Waals surface area contributed by atoms with E-state index < -0.39 is 30.2 Å². The predicted octanol–water partition coefficient (Wildman–Crippen LogP) is 3.35. The van der Waals surface area contributed by atoms with Crippen LogP contribution in [0.3, 0.4) is 0 Å². The third-order valence-corrected chi connectivity index (χ3v) is 2.49. The minimum atomic E-state index is -5.68. The van der Waals surface area contributed by atoms with Gasteiger partial charge in [-0.1, -0.05) is 0 Å². The molecule has 118 valence electrons. The van der Waals surface area contributed by atoms with Crippen LogP contribution in [0.2, 0.25) is 0 Å². The topological polar surface area (TPSA) is 64.4 Å². The van der Waals surface area contributed by atoms with Gasteiger partial charge in [0.2, 0.25) is 0 Å². The minimum Gasteiger partial charge on any atom is -0.383 e. The summed E-state index contributed by atoms with van der Waals surface area (Å²) in [6.45, 7) is -2.35. The standard InChI is InChI=1S/C11H11F5N2O3/c1-17-8-4-7(2-3-9(8)18(19)20)5-21-6-10(12,13)11(14,15)16/h2-4,17H,5-6H2,1H3. The van der Waals surface area contributed by atoms with E-state index in [-0.39, 0.29) is 16.9 Å². The SMILES string of the molecule is CNc1cc(COCC(F)(F)C(F)(F)F)ccc1[N+](=O)[O-]. The Labute approximate surface area is 115 Å². The highest BCUT2D eigenvalue weighted by Gasteiger charge is 2.57. The van der Waals surface area contributed by atoms with Crippen molar-refractivity contribution in [3.63, 3.8) is 0 Å². The van der Waals surface area contributed by atoms with E-state index in [1.807, 2.05) is 0 Å². The lowest BCUT2D eigenvalue weighted by Crippen LogP contribution is -2.40. The van der Waals surface area contributed by atoms with Crippen LogP contribution in [-0.4, -0.2) is 30.7 Å². The third kappa shape index (κ3) is 4.25. The van der Waals surface area contributed by atoms with Crippen molar-refractivity contribution in [1.29, 1.82) is 0 Å². The summed E-state index contributed by atoms with van der Waals surface area (Å²) >= 11 is 0. The van der Waals surface area contributed by atoms with Crippen LogP contribution in [0.4, 0.5) is 33.3 Å². The Morgan fingerprint density at radius 2 is 1.90 bits per heavy atom. The molecule has 0 radical (unpaired) electrons. The summed E-state index contributed by atoms with van der Waals surface area (Å²) in [7, 11) is 1.41. The summed E-state index contributed by atoms with van der Waals surface area (Å²) in [5.74, 6) is -4.94. The van der Waals surface area contributed by atoms with Gasteiger partial charge in [-0.2, -0.15) is 22.0 Å². The first-order valence-electron chi connectivity index (χ1n) is 5.56. The van der Waals surface area contributed by atoms with Crippen molar-refractivity contribution >= 4 is 11.4 Å². The molecule has 0 atom stereocenters. The molecule has 1 aromatic carbocycles. The van der Waals surface area contributed by atoms with E-state index in [1.165, 1.54) is 19.2 Å². The van der Waals surface area contributed by atoms with E-state index in [1.54, 1.807) is 0 Å². The zero-order valence-electron chi connectivity index (χ0n) is 10.7. The first-order valence-corrected chi connectivity index (χ1v) is 5.56. The molecular formula is C11H11F5N2O3. The molecule has 0 bridgehead atoms. The lowest BCUT2D eigenvalue weighted by molar-refractivity contribution is -0.384. The first kappa shape index (κ1) is 17.1. The van der Waals surface area contributed by atoms with E-state index in [2.05, 4.69) is 10.1 Å². The summed E-state index contributed by atoms with van der Waals surface area (Å²) in [5.41, 5.74) is 0.0773. The zero-order chi connectivity index (χ0) is 16.3. The number of benzene rings is 1. The molecule has 21 heavy (non-hydrogen) atoms. The van der Waals surface area contributed by atoms with Gasteiger partial charge in [-0.3, -0.25) is 10.1 Å². The zero-order valence-corrected chi connectivity index (χ0v) is 10.7. The molecule has 0 aliphatic heterocycles. The number of nitrogens with zero attached hydrogens (tertiary/aromatic N) is 1. The van der Waals surface area contributed by atoms with Gasteiger partial charge in [-0.05, 0) is 17.7 Å². The Kier molecular flexibility index (Phi) is 5.05. The van der Waals surface area contributed by atoms with Gasteiger partial charge < -0.3 is 10.1 Å². The minimum absolute atomic E-state index is 0.101. The van der Waals surface area contributed by atoms with Crippen LogP contribution in [-0.2, 0) is 11.3 Å². The number of hydrogen-bond acceptors (Lipinski definition) is 4. The smallest absolute Gasteiger partial charge is 0.383 e. The van der Waals surface area contributed by atoms with Gasteiger partial charge in [0.1, 0.15) is 12.3 Å². The summed E-state index contributed by atoms with van der Waals surface area (Å²) < 4.78 is 65.3. The third-order valence-electron chi connectivity index (χ3n) is 2.49. The molecule has 0 spiro atoms. The van der Waals surface area contributed by atoms with E-state index in [4.69, 9.17) is 0 Å². The molecule has 0 fully saturated rings. The van der Waals surface area contributed by atoms with Crippen molar-refractivity contribution in [2.45, 2.75) is 18.7 Å². The van der Waals surface area contributed by atoms with Gasteiger partial charge in [0.25, 0.3) is 5.69 Å². The van der Waals surface area contributed by atoms with Gasteiger partial charge in [0.15, 0.2) is 0 Å². The molecule has 5 nitrogen and oxygen atoms in total. The molecule has 10 heteroatoms. The van der Waals surface area contributed by atoms with Gasteiger partial charge in [-0.25, -0.2) is 0 Å². The molecule has 0 saturated heterocycles. The number of alkyl halides is 5. The van der Waals surface area contributed by atoms with Crippen molar-refractivity contribution in [3.05, 3.63) is 33.9 Å². The molecular weight excluding hydrogens is 303 g/mol. The number of halogens is 5. The maximum Gasteiger partial charge on any atom is 0.455 e. The summed E-state index contributed by atoms with van der Waals surface area (Å²) in [6.07, 6.45) is -5.68. The lowest BCUT2D eigenvalue weighted by atomic mass is 10.2. The maximum atomic E-state index is 12.6. The quantitative estimate of drug-likeness (QED) is 0.497. The average molecular weight is 314 g/mol. The maximum absolute atomic E-state index is 12.6. The molecule has 0 aliphatic carbocycles. The number of hydrogen-bond donors (Lipinski definition) is 1. The van der Waals surface area contributed by atoms with E-state index in [0.29, 0.717) is 0 Å². The van der Waals surface area contributed by atoms with Crippen molar-refractivity contribution in [1.82, 2.24) is 0 Å². The summed E-state index contributed by atoms with van der Waals surface area (Å²) in [5, 5.41) is 13.2. The molecule has 0 aliphatic rings. The van der Waals surface area contributed by atoms with Gasteiger partial charge >= 0.3 is 12.1 Å². The predicted molar refractivity (Wildman–Crippen MR) is 63.3 cm³/mol. The molecule has 0 saturated carbocycles. The lowest BCUT2D eigenvalue weighted by Gasteiger charge is -2.19. The Balaban J connectivity index is 2.71. The van der Waals surface area contributed by atoms with Gasteiger partial charge in [-0.15, -0.1) is 0 Å². The second-order valence-electron chi connectivity index (χ2n) is 4.05. The second kappa shape index (κ2) is 6.20. The Bertz CT molecular complexity index is 519. The molecule has 1 aromatic rings. The van der Waals surface area contributed by atoms with Crippen LogP contribution in [0.1, 0.15) is 5.56 Å². The van der Waals surface area contributed by atoms with Crippen LogP contribution in [0, 0.1) is 10.1 Å². The summed E-state index contributed by atoms with van der Waals surface area (Å²) in [4.78, 5) is 10.00. The largest absolute Gasteiger partial charge is 0.455 e. The van der Waals surface area contributed by atoms with Crippen LogP contribution < -0.4 is 5.32 Å². The van der Waals surface area contributed by atoms with E-state index >= 15 is 0 Å². The molecule has 1 rings (SSSR count). The fourth-order valence-corrected chi connectivity index (χ4v) is 1.41. The Hall–Kier alpha value is -1.97. The highest BCUT2D eigenvalue weighted by molar-refractivity contribution is 5.62. The van der Waals surface area contributed by atoms with Crippen molar-refractivity contribution in [2.75, 3.05) is 19.0 Å². The number of nitro groups is 1. The normalized spacial score (nSPS) is 12.3. The summed E-state index contributed by atoms with van der Waals surface area (Å²) in [6, 6.07) is 3.56. The molecule has 0 aromatic heterocycles. The van der Waals surface area contributed by atoms with E-state index in [9.17, 15) is 32.1 Å². The fraction of sp³-hybridized carbons (Fsp3) is 0.455. The molecule has 0 amide bonds. The van der Waals surface area contributed by atoms with E-state index in [0.717, 1.165) is 6.07 Å². The number of anilines is 1. The number of rotatable bonds is 6. The Morgan fingerprint density at radius 1 is 1.29 bits per heavy atom. The average Bonchev–Trinajstić information content (AvgIpc) is 2.36. The fourth-order valence-electron chi connectivity index (χ4n) is 1.41. The first-order chi connectivity index (χ1) is 9.58. The van der Waals surface area contributed by atoms with Crippen molar-refractivity contribution in [2.24, 2.45) is 0 Å². The van der Waals surface area contributed by atoms with Crippen LogP contribution >= 0.6 is 0 Å². The molecule has 1 N–H and O–H groups in total. The van der Waals surface area contributed by atoms with Gasteiger partial charge in [0.05, 0.1) is 11.5 Å². The number of ether oxygens (including phenoxy) is 1. The molecule has 0 unspecified atom stereocenters. The number of nitro benzene ring substituents is 1. The second-order valence-corrected chi connectivity index (χ2v) is 4.05. The van der Waals surface area contributed by atoms with Crippen LogP contribution in [0.5, 0.6) is 0 Å². The van der Waals surface area contributed by atoms with Gasteiger partial charge in [0, 0.05) is 13.1 Å². The highest BCUT2D eigenvalue weighted by atomic mass is 19.4. The van der Waals surface area contributed by atoms with Crippen molar-refractivity contribution < 1.29 is 31.6 Å². The monoisotopic (exact) mass is 314 g/mol. The number of nitrogens with one attached hydrogen (secondary N) is 1. The molecule has 0 heterocycles.